The Kier molecular flexibility index (Phi) is 4.20. The Hall–Kier alpha value is -1.16. The van der Waals surface area contributed by atoms with Crippen molar-refractivity contribution in [2.24, 2.45) is 5.84 Å². The van der Waals surface area contributed by atoms with E-state index in [1.807, 2.05) is 0 Å². The molecule has 3 rings (SSSR count). The van der Waals surface area contributed by atoms with E-state index < -0.39 is 0 Å². The van der Waals surface area contributed by atoms with Crippen LogP contribution in [0.25, 0.3) is 0 Å². The quantitative estimate of drug-likeness (QED) is 0.662. The normalized spacial score (nSPS) is 15.1. The smallest absolute Gasteiger partial charge is 0.0500 e. The summed E-state index contributed by atoms with van der Waals surface area (Å²) in [7, 11) is 0. The number of nitrogens with one attached hydrogen (secondary N) is 1. The van der Waals surface area contributed by atoms with Crippen LogP contribution in [-0.2, 0) is 19.3 Å². The number of hydrogen-bond donors (Lipinski definition) is 2. The van der Waals surface area contributed by atoms with Gasteiger partial charge in [0.15, 0.2) is 0 Å². The third-order valence-electron chi connectivity index (χ3n) is 4.08. The molecule has 3 heteroatoms. The maximum absolute atomic E-state index is 5.74. The van der Waals surface area contributed by atoms with Crippen molar-refractivity contribution >= 4 is 15.9 Å². The highest BCUT2D eigenvalue weighted by Crippen LogP contribution is 2.25. The van der Waals surface area contributed by atoms with Crippen LogP contribution in [0.5, 0.6) is 0 Å². The van der Waals surface area contributed by atoms with Crippen molar-refractivity contribution in [2.45, 2.75) is 31.7 Å². The molecular formula is C17H19BrN2. The van der Waals surface area contributed by atoms with Gasteiger partial charge in [0.2, 0.25) is 0 Å². The summed E-state index contributed by atoms with van der Waals surface area (Å²) in [6, 6.07) is 15.4. The Morgan fingerprint density at radius 3 is 2.55 bits per heavy atom. The SMILES string of the molecule is NNC(Cc1ccc2c(c1)CCC2)c1ccc(Br)cc1. The van der Waals surface area contributed by atoms with E-state index in [1.54, 1.807) is 0 Å². The topological polar surface area (TPSA) is 38.0 Å². The fourth-order valence-corrected chi connectivity index (χ4v) is 3.22. The number of benzene rings is 2. The lowest BCUT2D eigenvalue weighted by molar-refractivity contribution is 0.551. The highest BCUT2D eigenvalue weighted by molar-refractivity contribution is 9.10. The van der Waals surface area contributed by atoms with Gasteiger partial charge in [-0.15, -0.1) is 0 Å². The molecule has 0 aromatic heterocycles. The van der Waals surface area contributed by atoms with Crippen LogP contribution in [0.1, 0.15) is 34.7 Å². The van der Waals surface area contributed by atoms with E-state index >= 15 is 0 Å². The van der Waals surface area contributed by atoms with Crippen LogP contribution in [-0.4, -0.2) is 0 Å². The molecule has 1 aliphatic carbocycles. The van der Waals surface area contributed by atoms with Gasteiger partial charge >= 0.3 is 0 Å². The summed E-state index contributed by atoms with van der Waals surface area (Å²) < 4.78 is 1.09. The van der Waals surface area contributed by atoms with Gasteiger partial charge in [-0.05, 0) is 60.1 Å². The highest BCUT2D eigenvalue weighted by atomic mass is 79.9. The maximum atomic E-state index is 5.74. The van der Waals surface area contributed by atoms with E-state index in [1.165, 1.54) is 41.5 Å². The summed E-state index contributed by atoms with van der Waals surface area (Å²) in [5.74, 6) is 5.74. The third kappa shape index (κ3) is 2.95. The molecule has 0 amide bonds. The fourth-order valence-electron chi connectivity index (χ4n) is 2.96. The monoisotopic (exact) mass is 330 g/mol. The average molecular weight is 331 g/mol. The Balaban J connectivity index is 1.79. The average Bonchev–Trinajstić information content (AvgIpc) is 2.93. The van der Waals surface area contributed by atoms with Crippen LogP contribution in [0, 0.1) is 0 Å². The Bertz CT molecular complexity index is 592. The number of hydrogen-bond acceptors (Lipinski definition) is 2. The van der Waals surface area contributed by atoms with Gasteiger partial charge in [0, 0.05) is 10.5 Å². The van der Waals surface area contributed by atoms with Crippen LogP contribution in [0.3, 0.4) is 0 Å². The molecule has 0 aliphatic heterocycles. The van der Waals surface area contributed by atoms with Gasteiger partial charge in [0.1, 0.15) is 0 Å². The fraction of sp³-hybridized carbons (Fsp3) is 0.294. The summed E-state index contributed by atoms with van der Waals surface area (Å²) >= 11 is 3.47. The third-order valence-corrected chi connectivity index (χ3v) is 4.60. The van der Waals surface area contributed by atoms with Gasteiger partial charge in [0.25, 0.3) is 0 Å². The zero-order valence-electron chi connectivity index (χ0n) is 11.4. The van der Waals surface area contributed by atoms with Crippen molar-refractivity contribution in [1.82, 2.24) is 5.43 Å². The summed E-state index contributed by atoms with van der Waals surface area (Å²) in [5.41, 5.74) is 8.56. The van der Waals surface area contributed by atoms with E-state index in [-0.39, 0.29) is 6.04 Å². The van der Waals surface area contributed by atoms with Crippen LogP contribution >= 0.6 is 15.9 Å². The van der Waals surface area contributed by atoms with Crippen LogP contribution < -0.4 is 11.3 Å². The number of fused-ring (bicyclic) bond motifs is 1. The second kappa shape index (κ2) is 6.08. The standard InChI is InChI=1S/C17H19BrN2/c18-16-8-6-14(7-9-16)17(20-19)11-12-4-5-13-2-1-3-15(13)10-12/h4-10,17,20H,1-3,11,19H2. The summed E-state index contributed by atoms with van der Waals surface area (Å²) in [6.45, 7) is 0. The molecule has 104 valence electrons. The molecule has 1 atom stereocenters. The van der Waals surface area contributed by atoms with Gasteiger partial charge in [-0.1, -0.05) is 46.3 Å². The predicted octanol–water partition coefficient (Wildman–Crippen LogP) is 3.68. The van der Waals surface area contributed by atoms with Crippen molar-refractivity contribution in [3.05, 3.63) is 69.2 Å². The predicted molar refractivity (Wildman–Crippen MR) is 86.4 cm³/mol. The number of nitrogens with two attached hydrogens (primary N) is 1. The molecule has 0 radical (unpaired) electrons. The van der Waals surface area contributed by atoms with Crippen LogP contribution in [0.4, 0.5) is 0 Å². The lowest BCUT2D eigenvalue weighted by Gasteiger charge is -2.17. The lowest BCUT2D eigenvalue weighted by Crippen LogP contribution is -2.29. The highest BCUT2D eigenvalue weighted by Gasteiger charge is 2.14. The van der Waals surface area contributed by atoms with Crippen molar-refractivity contribution in [3.63, 3.8) is 0 Å². The van der Waals surface area contributed by atoms with Crippen molar-refractivity contribution in [1.29, 1.82) is 0 Å². The molecule has 0 saturated carbocycles. The van der Waals surface area contributed by atoms with Crippen molar-refractivity contribution in [2.75, 3.05) is 0 Å². The largest absolute Gasteiger partial charge is 0.271 e. The molecule has 20 heavy (non-hydrogen) atoms. The summed E-state index contributed by atoms with van der Waals surface area (Å²) in [5, 5.41) is 0. The van der Waals surface area contributed by atoms with Gasteiger partial charge in [0.05, 0.1) is 0 Å². The number of halogens is 1. The van der Waals surface area contributed by atoms with Crippen molar-refractivity contribution in [3.8, 4) is 0 Å². The number of rotatable bonds is 4. The Labute approximate surface area is 128 Å². The molecule has 0 spiro atoms. The molecule has 0 heterocycles. The number of hydrazine groups is 1. The zero-order valence-corrected chi connectivity index (χ0v) is 13.0. The first-order valence-corrected chi connectivity index (χ1v) is 7.88. The van der Waals surface area contributed by atoms with Gasteiger partial charge < -0.3 is 0 Å². The first-order chi connectivity index (χ1) is 9.76. The second-order valence-corrected chi connectivity index (χ2v) is 6.35. The second-order valence-electron chi connectivity index (χ2n) is 5.43. The summed E-state index contributed by atoms with van der Waals surface area (Å²) in [4.78, 5) is 0. The maximum Gasteiger partial charge on any atom is 0.0500 e. The Morgan fingerprint density at radius 1 is 1.05 bits per heavy atom. The molecule has 0 bridgehead atoms. The zero-order chi connectivity index (χ0) is 13.9. The molecule has 2 nitrogen and oxygen atoms in total. The first kappa shape index (κ1) is 13.8. The van der Waals surface area contributed by atoms with Gasteiger partial charge in [-0.25, -0.2) is 0 Å². The van der Waals surface area contributed by atoms with Crippen LogP contribution in [0.2, 0.25) is 0 Å². The van der Waals surface area contributed by atoms with E-state index in [2.05, 4.69) is 63.8 Å². The Morgan fingerprint density at radius 2 is 1.80 bits per heavy atom. The molecule has 2 aromatic rings. The first-order valence-electron chi connectivity index (χ1n) is 7.08. The molecule has 2 aromatic carbocycles. The minimum atomic E-state index is 0.155. The summed E-state index contributed by atoms with van der Waals surface area (Å²) in [6.07, 6.45) is 4.68. The lowest BCUT2D eigenvalue weighted by atomic mass is 9.97. The minimum Gasteiger partial charge on any atom is -0.271 e. The molecular weight excluding hydrogens is 312 g/mol. The molecule has 0 saturated heterocycles. The molecule has 1 unspecified atom stereocenters. The van der Waals surface area contributed by atoms with Crippen LogP contribution in [0.15, 0.2) is 46.9 Å². The molecule has 0 fully saturated rings. The minimum absolute atomic E-state index is 0.155. The van der Waals surface area contributed by atoms with E-state index in [0.29, 0.717) is 0 Å². The molecule has 1 aliphatic rings. The van der Waals surface area contributed by atoms with Crippen molar-refractivity contribution < 1.29 is 0 Å². The van der Waals surface area contributed by atoms with Gasteiger partial charge in [-0.2, -0.15) is 0 Å². The number of aryl methyl sites for hydroxylation is 2. The van der Waals surface area contributed by atoms with Gasteiger partial charge in [-0.3, -0.25) is 11.3 Å². The van der Waals surface area contributed by atoms with E-state index in [0.717, 1.165) is 10.9 Å². The van der Waals surface area contributed by atoms with E-state index in [4.69, 9.17) is 5.84 Å². The van der Waals surface area contributed by atoms with E-state index in [9.17, 15) is 0 Å². The molecule has 3 N–H and O–H groups in total.